The van der Waals surface area contributed by atoms with E-state index in [1.54, 1.807) is 30.3 Å². The van der Waals surface area contributed by atoms with Crippen LogP contribution in [0.2, 0.25) is 0 Å². The maximum absolute atomic E-state index is 12.3. The van der Waals surface area contributed by atoms with Crippen LogP contribution in [0, 0.1) is 6.92 Å². The fourth-order valence-electron chi connectivity index (χ4n) is 1.81. The minimum absolute atomic E-state index is 0.290. The van der Waals surface area contributed by atoms with E-state index in [0.717, 1.165) is 10.3 Å². The molecule has 0 aliphatic carbocycles. The van der Waals surface area contributed by atoms with Crippen LogP contribution in [0.3, 0.4) is 0 Å². The minimum Gasteiger partial charge on any atom is -0.494 e. The molecule has 3 N–H and O–H groups in total. The topological polar surface area (TPSA) is 77.2 Å². The van der Waals surface area contributed by atoms with Gasteiger partial charge in [-0.05, 0) is 47.1 Å². The van der Waals surface area contributed by atoms with Gasteiger partial charge in [0.2, 0.25) is 0 Å². The molecule has 0 saturated carbocycles. The molecule has 2 aromatic rings. The summed E-state index contributed by atoms with van der Waals surface area (Å²) >= 11 is 3.28. The molecule has 1 heterocycles. The van der Waals surface area contributed by atoms with E-state index >= 15 is 0 Å². The summed E-state index contributed by atoms with van der Waals surface area (Å²) in [6.45, 7) is 1.82. The Hall–Kier alpha value is -2.08. The molecule has 1 amide bonds. The smallest absolute Gasteiger partial charge is 0.259 e. The van der Waals surface area contributed by atoms with Crippen LogP contribution in [0.15, 0.2) is 34.9 Å². The molecule has 0 atom stereocenters. The molecule has 0 bridgehead atoms. The van der Waals surface area contributed by atoms with Gasteiger partial charge in [-0.3, -0.25) is 4.79 Å². The van der Waals surface area contributed by atoms with Crippen molar-refractivity contribution in [3.63, 3.8) is 0 Å². The third-order valence-corrected chi connectivity index (χ3v) is 3.24. The average molecular weight is 336 g/mol. The second-order valence-electron chi connectivity index (χ2n) is 4.15. The number of anilines is 2. The predicted molar refractivity (Wildman–Crippen MR) is 82.0 cm³/mol. The van der Waals surface area contributed by atoms with Gasteiger partial charge >= 0.3 is 0 Å². The molecule has 2 rings (SSSR count). The number of nitrogens with two attached hydrogens (primary N) is 1. The van der Waals surface area contributed by atoms with Crippen molar-refractivity contribution in [3.05, 3.63) is 46.2 Å². The van der Waals surface area contributed by atoms with Crippen LogP contribution in [0.25, 0.3) is 0 Å². The van der Waals surface area contributed by atoms with E-state index in [4.69, 9.17) is 10.5 Å². The molecule has 0 fully saturated rings. The van der Waals surface area contributed by atoms with Gasteiger partial charge in [-0.15, -0.1) is 0 Å². The van der Waals surface area contributed by atoms with Crippen molar-refractivity contribution in [3.8, 4) is 5.75 Å². The number of nitrogen functional groups attached to an aromatic ring is 1. The Morgan fingerprint density at radius 2 is 2.10 bits per heavy atom. The number of hydrogen-bond donors (Lipinski definition) is 2. The number of carbonyl (C=O) groups is 1. The molecule has 20 heavy (non-hydrogen) atoms. The second-order valence-corrected chi connectivity index (χ2v) is 4.96. The van der Waals surface area contributed by atoms with Gasteiger partial charge in [0.15, 0.2) is 5.75 Å². The number of rotatable bonds is 3. The molecule has 5 nitrogen and oxygen atoms in total. The standard InChI is InChI=1S/C14H14BrN3O2/c1-8-11(6-7-12(15)17-8)18-14(19)9-4-3-5-10(16)13(9)20-2/h3-7H,16H2,1-2H3,(H,18,19). The lowest BCUT2D eigenvalue weighted by Crippen LogP contribution is -2.15. The van der Waals surface area contributed by atoms with E-state index < -0.39 is 0 Å². The van der Waals surface area contributed by atoms with E-state index in [1.165, 1.54) is 7.11 Å². The molecule has 0 saturated heterocycles. The number of amides is 1. The SMILES string of the molecule is COc1c(N)cccc1C(=O)Nc1ccc(Br)nc1C. The van der Waals surface area contributed by atoms with Gasteiger partial charge in [0.25, 0.3) is 5.91 Å². The van der Waals surface area contributed by atoms with Gasteiger partial charge in [0, 0.05) is 0 Å². The number of halogens is 1. The fraction of sp³-hybridized carbons (Fsp3) is 0.143. The number of methoxy groups -OCH3 is 1. The summed E-state index contributed by atoms with van der Waals surface area (Å²) in [6.07, 6.45) is 0. The van der Waals surface area contributed by atoms with Crippen LogP contribution in [0.4, 0.5) is 11.4 Å². The van der Waals surface area contributed by atoms with Gasteiger partial charge in [-0.1, -0.05) is 6.07 Å². The Bertz CT molecular complexity index is 659. The Labute approximate surface area is 125 Å². The van der Waals surface area contributed by atoms with Crippen LogP contribution in [-0.4, -0.2) is 18.0 Å². The number of ether oxygens (including phenoxy) is 1. The highest BCUT2D eigenvalue weighted by Crippen LogP contribution is 2.27. The predicted octanol–water partition coefficient (Wildman–Crippen LogP) is 3.00. The number of pyridine rings is 1. The summed E-state index contributed by atoms with van der Waals surface area (Å²) in [5.74, 6) is 0.0779. The summed E-state index contributed by atoms with van der Waals surface area (Å²) in [6, 6.07) is 8.59. The number of hydrogen-bond acceptors (Lipinski definition) is 4. The Kier molecular flexibility index (Phi) is 4.24. The first-order chi connectivity index (χ1) is 9.52. The molecule has 0 radical (unpaired) electrons. The number of aryl methyl sites for hydroxylation is 1. The lowest BCUT2D eigenvalue weighted by atomic mass is 10.1. The van der Waals surface area contributed by atoms with Crippen LogP contribution in [-0.2, 0) is 0 Å². The first-order valence-electron chi connectivity index (χ1n) is 5.90. The van der Waals surface area contributed by atoms with Crippen molar-refractivity contribution in [2.45, 2.75) is 6.92 Å². The van der Waals surface area contributed by atoms with Crippen LogP contribution in [0.5, 0.6) is 5.75 Å². The van der Waals surface area contributed by atoms with Gasteiger partial charge in [0.05, 0.1) is 29.7 Å². The number of benzene rings is 1. The molecule has 0 spiro atoms. The van der Waals surface area contributed by atoms with E-state index in [0.29, 0.717) is 22.7 Å². The normalized spacial score (nSPS) is 10.2. The largest absolute Gasteiger partial charge is 0.494 e. The molecular formula is C14H14BrN3O2. The maximum atomic E-state index is 12.3. The first kappa shape index (κ1) is 14.3. The first-order valence-corrected chi connectivity index (χ1v) is 6.69. The number of aromatic nitrogens is 1. The molecule has 1 aromatic heterocycles. The third-order valence-electron chi connectivity index (χ3n) is 2.79. The molecule has 6 heteroatoms. The van der Waals surface area contributed by atoms with Gasteiger partial charge in [-0.25, -0.2) is 4.98 Å². The van der Waals surface area contributed by atoms with Gasteiger partial charge < -0.3 is 15.8 Å². The fourth-order valence-corrected chi connectivity index (χ4v) is 2.21. The zero-order valence-electron chi connectivity index (χ0n) is 11.1. The van der Waals surface area contributed by atoms with Crippen LogP contribution >= 0.6 is 15.9 Å². The van der Waals surface area contributed by atoms with Crippen molar-refractivity contribution in [1.82, 2.24) is 4.98 Å². The highest BCUT2D eigenvalue weighted by Gasteiger charge is 2.15. The summed E-state index contributed by atoms with van der Waals surface area (Å²) in [5, 5.41) is 2.80. The summed E-state index contributed by atoms with van der Waals surface area (Å²) in [7, 11) is 1.48. The molecular weight excluding hydrogens is 322 g/mol. The monoisotopic (exact) mass is 335 g/mol. The van der Waals surface area contributed by atoms with Crippen molar-refractivity contribution in [2.24, 2.45) is 0 Å². The van der Waals surface area contributed by atoms with Crippen molar-refractivity contribution in [2.75, 3.05) is 18.2 Å². The van der Waals surface area contributed by atoms with Gasteiger partial charge in [0.1, 0.15) is 4.60 Å². The van der Waals surface area contributed by atoms with E-state index in [1.807, 2.05) is 6.92 Å². The van der Waals surface area contributed by atoms with E-state index in [2.05, 4.69) is 26.2 Å². The summed E-state index contributed by atoms with van der Waals surface area (Å²) in [4.78, 5) is 16.5. The van der Waals surface area contributed by atoms with Crippen molar-refractivity contribution < 1.29 is 9.53 Å². The van der Waals surface area contributed by atoms with E-state index in [-0.39, 0.29) is 5.91 Å². The van der Waals surface area contributed by atoms with Crippen molar-refractivity contribution >= 4 is 33.2 Å². The number of para-hydroxylation sites is 1. The lowest BCUT2D eigenvalue weighted by Gasteiger charge is -2.12. The Morgan fingerprint density at radius 3 is 2.75 bits per heavy atom. The molecule has 0 aliphatic heterocycles. The molecule has 0 unspecified atom stereocenters. The summed E-state index contributed by atoms with van der Waals surface area (Å²) in [5.41, 5.74) is 7.95. The highest BCUT2D eigenvalue weighted by atomic mass is 79.9. The Morgan fingerprint density at radius 1 is 1.35 bits per heavy atom. The Balaban J connectivity index is 2.31. The number of carbonyl (C=O) groups excluding carboxylic acids is 1. The number of nitrogens with zero attached hydrogens (tertiary/aromatic N) is 1. The van der Waals surface area contributed by atoms with E-state index in [9.17, 15) is 4.79 Å². The zero-order chi connectivity index (χ0) is 14.7. The average Bonchev–Trinajstić information content (AvgIpc) is 2.41. The lowest BCUT2D eigenvalue weighted by molar-refractivity contribution is 0.102. The van der Waals surface area contributed by atoms with Gasteiger partial charge in [-0.2, -0.15) is 0 Å². The highest BCUT2D eigenvalue weighted by molar-refractivity contribution is 9.10. The van der Waals surface area contributed by atoms with Crippen LogP contribution < -0.4 is 15.8 Å². The minimum atomic E-state index is -0.290. The molecule has 0 aliphatic rings. The van der Waals surface area contributed by atoms with Crippen molar-refractivity contribution in [1.29, 1.82) is 0 Å². The number of nitrogens with one attached hydrogen (secondary N) is 1. The molecule has 104 valence electrons. The summed E-state index contributed by atoms with van der Waals surface area (Å²) < 4.78 is 5.89. The molecule has 1 aromatic carbocycles. The van der Waals surface area contributed by atoms with Crippen LogP contribution in [0.1, 0.15) is 16.1 Å². The second kappa shape index (κ2) is 5.92. The quantitative estimate of drug-likeness (QED) is 0.667. The maximum Gasteiger partial charge on any atom is 0.259 e. The zero-order valence-corrected chi connectivity index (χ0v) is 12.7. The third kappa shape index (κ3) is 2.91.